The first-order valence-electron chi connectivity index (χ1n) is 5.70. The zero-order chi connectivity index (χ0) is 11.7. The molecule has 1 saturated carbocycles. The lowest BCUT2D eigenvalue weighted by atomic mass is 10.1. The van der Waals surface area contributed by atoms with E-state index in [0.29, 0.717) is 29.8 Å². The van der Waals surface area contributed by atoms with E-state index in [1.807, 2.05) is 13.8 Å². The van der Waals surface area contributed by atoms with Crippen LogP contribution in [-0.2, 0) is 6.54 Å². The Morgan fingerprint density at radius 3 is 2.75 bits per heavy atom. The molecular formula is C11H18N4O. The highest BCUT2D eigenvalue weighted by Gasteiger charge is 2.20. The Balaban J connectivity index is 2.18. The number of aromatic amines is 1. The summed E-state index contributed by atoms with van der Waals surface area (Å²) in [5.41, 5.74) is 6.25. The smallest absolute Gasteiger partial charge is 0.256 e. The second kappa shape index (κ2) is 4.25. The van der Waals surface area contributed by atoms with E-state index in [0.717, 1.165) is 0 Å². The number of anilines is 1. The molecule has 0 aromatic carbocycles. The molecule has 1 aliphatic carbocycles. The van der Waals surface area contributed by atoms with Crippen molar-refractivity contribution in [1.29, 1.82) is 0 Å². The topological polar surface area (TPSA) is 83.8 Å². The number of nitrogens with one attached hydrogen (secondary N) is 2. The number of H-pyrrole nitrogens is 1. The van der Waals surface area contributed by atoms with Crippen molar-refractivity contribution in [2.45, 2.75) is 45.2 Å². The van der Waals surface area contributed by atoms with Gasteiger partial charge in [0.15, 0.2) is 0 Å². The van der Waals surface area contributed by atoms with Gasteiger partial charge in [-0.1, -0.05) is 13.8 Å². The highest BCUT2D eigenvalue weighted by Crippen LogP contribution is 2.19. The van der Waals surface area contributed by atoms with Crippen LogP contribution < -0.4 is 16.6 Å². The fourth-order valence-electron chi connectivity index (χ4n) is 1.72. The summed E-state index contributed by atoms with van der Waals surface area (Å²) < 4.78 is 0. The number of nitrogens with two attached hydrogens (primary N) is 1. The fourth-order valence-corrected chi connectivity index (χ4v) is 1.72. The molecule has 1 aromatic heterocycles. The first-order chi connectivity index (χ1) is 7.58. The molecule has 0 aliphatic heterocycles. The third-order valence-corrected chi connectivity index (χ3v) is 2.75. The molecule has 1 fully saturated rings. The minimum atomic E-state index is -0.116. The predicted molar refractivity (Wildman–Crippen MR) is 63.2 cm³/mol. The van der Waals surface area contributed by atoms with E-state index < -0.39 is 0 Å². The van der Waals surface area contributed by atoms with Crippen molar-refractivity contribution in [2.75, 3.05) is 5.73 Å². The maximum atomic E-state index is 11.8. The maximum Gasteiger partial charge on any atom is 0.256 e. The fraction of sp³-hybridized carbons (Fsp3) is 0.636. The van der Waals surface area contributed by atoms with Gasteiger partial charge in [-0.25, -0.2) is 4.98 Å². The van der Waals surface area contributed by atoms with Crippen molar-refractivity contribution in [2.24, 2.45) is 0 Å². The van der Waals surface area contributed by atoms with E-state index in [2.05, 4.69) is 15.3 Å². The summed E-state index contributed by atoms with van der Waals surface area (Å²) in [4.78, 5) is 18.7. The van der Waals surface area contributed by atoms with Crippen LogP contribution in [0.2, 0.25) is 0 Å². The van der Waals surface area contributed by atoms with Crippen LogP contribution in [0, 0.1) is 0 Å². The molecule has 88 valence electrons. The standard InChI is InChI=1S/C11H18N4O/c1-6(2)9-10(12)14-8(15-11(9)16)5-13-7-3-4-7/h6-7,13H,3-5H2,1-2H3,(H3,12,14,15,16). The normalized spacial score (nSPS) is 15.7. The summed E-state index contributed by atoms with van der Waals surface area (Å²) in [6, 6.07) is 0.594. The first kappa shape index (κ1) is 11.1. The number of rotatable bonds is 4. The quantitative estimate of drug-likeness (QED) is 0.701. The first-order valence-corrected chi connectivity index (χ1v) is 5.70. The summed E-state index contributed by atoms with van der Waals surface area (Å²) in [5.74, 6) is 1.08. The summed E-state index contributed by atoms with van der Waals surface area (Å²) in [6.45, 7) is 4.46. The number of hydrogen-bond donors (Lipinski definition) is 3. The van der Waals surface area contributed by atoms with Gasteiger partial charge in [-0.15, -0.1) is 0 Å². The number of nitrogen functional groups attached to an aromatic ring is 1. The molecule has 0 unspecified atom stereocenters. The SMILES string of the molecule is CC(C)c1c(N)nc(CNC2CC2)[nH]c1=O. The van der Waals surface area contributed by atoms with Gasteiger partial charge in [0, 0.05) is 6.04 Å². The lowest BCUT2D eigenvalue weighted by Crippen LogP contribution is -2.24. The molecule has 16 heavy (non-hydrogen) atoms. The van der Waals surface area contributed by atoms with E-state index >= 15 is 0 Å². The Kier molecular flexibility index (Phi) is 2.96. The molecular weight excluding hydrogens is 204 g/mol. The Morgan fingerprint density at radius 1 is 1.56 bits per heavy atom. The average molecular weight is 222 g/mol. The van der Waals surface area contributed by atoms with E-state index in [-0.39, 0.29) is 11.5 Å². The molecule has 1 heterocycles. The molecule has 0 saturated heterocycles. The van der Waals surface area contributed by atoms with Crippen molar-refractivity contribution < 1.29 is 0 Å². The summed E-state index contributed by atoms with van der Waals surface area (Å²) >= 11 is 0. The second-order valence-electron chi connectivity index (χ2n) is 4.62. The van der Waals surface area contributed by atoms with Gasteiger partial charge in [0.2, 0.25) is 0 Å². The van der Waals surface area contributed by atoms with Gasteiger partial charge in [0.25, 0.3) is 5.56 Å². The van der Waals surface area contributed by atoms with E-state index in [1.165, 1.54) is 12.8 Å². The second-order valence-corrected chi connectivity index (χ2v) is 4.62. The van der Waals surface area contributed by atoms with Crippen molar-refractivity contribution in [3.8, 4) is 0 Å². The lowest BCUT2D eigenvalue weighted by Gasteiger charge is -2.09. The van der Waals surface area contributed by atoms with E-state index in [1.54, 1.807) is 0 Å². The zero-order valence-corrected chi connectivity index (χ0v) is 9.71. The Bertz CT molecular complexity index is 434. The van der Waals surface area contributed by atoms with Gasteiger partial charge in [0.1, 0.15) is 11.6 Å². The van der Waals surface area contributed by atoms with E-state index in [9.17, 15) is 4.79 Å². The molecule has 5 nitrogen and oxygen atoms in total. The average Bonchev–Trinajstić information content (AvgIpc) is 2.96. The van der Waals surface area contributed by atoms with Crippen molar-refractivity contribution in [1.82, 2.24) is 15.3 Å². The monoisotopic (exact) mass is 222 g/mol. The number of aromatic nitrogens is 2. The maximum absolute atomic E-state index is 11.8. The molecule has 2 rings (SSSR count). The van der Waals surface area contributed by atoms with Gasteiger partial charge < -0.3 is 16.0 Å². The predicted octanol–water partition coefficient (Wildman–Crippen LogP) is 0.727. The minimum absolute atomic E-state index is 0.0988. The Labute approximate surface area is 94.5 Å². The highest BCUT2D eigenvalue weighted by atomic mass is 16.1. The Morgan fingerprint density at radius 2 is 2.25 bits per heavy atom. The summed E-state index contributed by atoms with van der Waals surface area (Å²) in [7, 11) is 0. The summed E-state index contributed by atoms with van der Waals surface area (Å²) in [5, 5.41) is 3.29. The van der Waals surface area contributed by atoms with Gasteiger partial charge >= 0.3 is 0 Å². The van der Waals surface area contributed by atoms with Crippen molar-refractivity contribution >= 4 is 5.82 Å². The van der Waals surface area contributed by atoms with Crippen molar-refractivity contribution in [3.63, 3.8) is 0 Å². The highest BCUT2D eigenvalue weighted by molar-refractivity contribution is 5.39. The van der Waals surface area contributed by atoms with Crippen LogP contribution in [0.3, 0.4) is 0 Å². The molecule has 1 aromatic rings. The lowest BCUT2D eigenvalue weighted by molar-refractivity contribution is 0.652. The molecule has 4 N–H and O–H groups in total. The largest absolute Gasteiger partial charge is 0.383 e. The summed E-state index contributed by atoms with van der Waals surface area (Å²) in [6.07, 6.45) is 2.42. The van der Waals surface area contributed by atoms with Crippen LogP contribution in [0.4, 0.5) is 5.82 Å². The molecule has 0 atom stereocenters. The van der Waals surface area contributed by atoms with Gasteiger partial charge in [-0.2, -0.15) is 0 Å². The molecule has 0 bridgehead atoms. The van der Waals surface area contributed by atoms with Gasteiger partial charge in [-0.3, -0.25) is 4.79 Å². The van der Waals surface area contributed by atoms with Gasteiger partial charge in [-0.05, 0) is 18.8 Å². The Hall–Kier alpha value is -1.36. The minimum Gasteiger partial charge on any atom is -0.383 e. The molecule has 0 amide bonds. The van der Waals surface area contributed by atoms with Crippen LogP contribution in [0.5, 0.6) is 0 Å². The van der Waals surface area contributed by atoms with Crippen LogP contribution in [0.15, 0.2) is 4.79 Å². The van der Waals surface area contributed by atoms with Crippen LogP contribution in [0.1, 0.15) is 44.0 Å². The number of hydrogen-bond acceptors (Lipinski definition) is 4. The third-order valence-electron chi connectivity index (χ3n) is 2.75. The number of nitrogens with zero attached hydrogens (tertiary/aromatic N) is 1. The molecule has 0 spiro atoms. The van der Waals surface area contributed by atoms with Gasteiger partial charge in [0.05, 0.1) is 12.1 Å². The van der Waals surface area contributed by atoms with Crippen molar-refractivity contribution in [3.05, 3.63) is 21.7 Å². The van der Waals surface area contributed by atoms with E-state index in [4.69, 9.17) is 5.73 Å². The van der Waals surface area contributed by atoms with Crippen LogP contribution >= 0.6 is 0 Å². The molecule has 5 heteroatoms. The third kappa shape index (κ3) is 2.41. The molecule has 0 radical (unpaired) electrons. The zero-order valence-electron chi connectivity index (χ0n) is 9.71. The molecule has 1 aliphatic rings. The van der Waals surface area contributed by atoms with Crippen LogP contribution in [-0.4, -0.2) is 16.0 Å². The van der Waals surface area contributed by atoms with Crippen LogP contribution in [0.25, 0.3) is 0 Å².